The fourth-order valence-electron chi connectivity index (χ4n) is 1.66. The highest BCUT2D eigenvalue weighted by molar-refractivity contribution is 6.36. The van der Waals surface area contributed by atoms with Gasteiger partial charge in [-0.3, -0.25) is 10.1 Å². The average Bonchev–Trinajstić information content (AvgIpc) is 2.41. The molecule has 0 aromatic heterocycles. The Morgan fingerprint density at radius 1 is 1.15 bits per heavy atom. The number of ether oxygens (including phenoxy) is 2. The van der Waals surface area contributed by atoms with Crippen molar-refractivity contribution in [1.82, 2.24) is 0 Å². The smallest absolute Gasteiger partial charge is 0.346 e. The molecule has 0 fully saturated rings. The van der Waals surface area contributed by atoms with Crippen LogP contribution in [0.15, 0.2) is 36.4 Å². The van der Waals surface area contributed by atoms with Crippen molar-refractivity contribution in [2.75, 3.05) is 7.11 Å². The van der Waals surface area contributed by atoms with Gasteiger partial charge in [-0.2, -0.15) is 4.39 Å². The van der Waals surface area contributed by atoms with Crippen LogP contribution in [0.5, 0.6) is 17.2 Å². The number of rotatable bonds is 4. The summed E-state index contributed by atoms with van der Waals surface area (Å²) in [7, 11) is 7.22. The van der Waals surface area contributed by atoms with E-state index in [1.165, 1.54) is 25.3 Å². The number of hydrogen-bond donors (Lipinski definition) is 0. The molecule has 0 spiro atoms. The van der Waals surface area contributed by atoms with Crippen LogP contribution in [0.3, 0.4) is 0 Å². The molecule has 0 aliphatic rings. The standard InChI is InChI=1S/C13H9BFNO4/c1-19-9-5-3-6-10(12(9)14)20-11-7-2-4-8(15)13(11)16(17)18/h2-7H,1H3. The third-order valence-electron chi connectivity index (χ3n) is 2.60. The summed E-state index contributed by atoms with van der Waals surface area (Å²) in [6.45, 7) is 0. The van der Waals surface area contributed by atoms with Gasteiger partial charge in [-0.15, -0.1) is 0 Å². The van der Waals surface area contributed by atoms with Crippen LogP contribution in [-0.4, -0.2) is 19.9 Å². The third kappa shape index (κ3) is 2.56. The van der Waals surface area contributed by atoms with Crippen LogP contribution in [0.25, 0.3) is 0 Å². The first-order chi connectivity index (χ1) is 9.54. The highest BCUT2D eigenvalue weighted by atomic mass is 19.1. The maximum Gasteiger partial charge on any atom is 0.346 e. The quantitative estimate of drug-likeness (QED) is 0.487. The molecule has 5 nitrogen and oxygen atoms in total. The van der Waals surface area contributed by atoms with E-state index in [0.717, 1.165) is 6.07 Å². The SMILES string of the molecule is [B]c1c(OC)cccc1Oc1cccc(F)c1[N+](=O)[O-]. The third-order valence-corrected chi connectivity index (χ3v) is 2.60. The number of para-hydroxylation sites is 1. The second-order valence-electron chi connectivity index (χ2n) is 3.82. The van der Waals surface area contributed by atoms with Gasteiger partial charge in [-0.25, -0.2) is 0 Å². The van der Waals surface area contributed by atoms with Gasteiger partial charge in [-0.05, 0) is 29.7 Å². The second-order valence-corrected chi connectivity index (χ2v) is 3.82. The Kier molecular flexibility index (Phi) is 3.88. The van der Waals surface area contributed by atoms with E-state index in [2.05, 4.69) is 0 Å². The summed E-state index contributed by atoms with van der Waals surface area (Å²) in [5, 5.41) is 10.9. The number of benzene rings is 2. The average molecular weight is 273 g/mol. The Labute approximate surface area is 115 Å². The fourth-order valence-corrected chi connectivity index (χ4v) is 1.66. The fraction of sp³-hybridized carbons (Fsp3) is 0.0769. The van der Waals surface area contributed by atoms with E-state index < -0.39 is 16.4 Å². The zero-order chi connectivity index (χ0) is 14.7. The molecule has 2 rings (SSSR count). The summed E-state index contributed by atoms with van der Waals surface area (Å²) in [4.78, 5) is 10.0. The number of halogens is 1. The van der Waals surface area contributed by atoms with Crippen molar-refractivity contribution in [3.63, 3.8) is 0 Å². The van der Waals surface area contributed by atoms with Crippen LogP contribution >= 0.6 is 0 Å². The highest BCUT2D eigenvalue weighted by Gasteiger charge is 2.22. The van der Waals surface area contributed by atoms with Gasteiger partial charge in [0.25, 0.3) is 0 Å². The molecule has 2 aromatic carbocycles. The number of hydrogen-bond acceptors (Lipinski definition) is 4. The number of nitro benzene ring substituents is 1. The first kappa shape index (κ1) is 13.9. The largest absolute Gasteiger partial charge is 0.497 e. The van der Waals surface area contributed by atoms with Crippen molar-refractivity contribution in [2.24, 2.45) is 0 Å². The summed E-state index contributed by atoms with van der Waals surface area (Å²) < 4.78 is 23.8. The Morgan fingerprint density at radius 2 is 1.75 bits per heavy atom. The molecule has 0 amide bonds. The molecule has 20 heavy (non-hydrogen) atoms. The van der Waals surface area contributed by atoms with Crippen LogP contribution in [0, 0.1) is 15.9 Å². The summed E-state index contributed by atoms with van der Waals surface area (Å²) in [6, 6.07) is 8.32. The lowest BCUT2D eigenvalue weighted by molar-refractivity contribution is -0.388. The van der Waals surface area contributed by atoms with E-state index in [-0.39, 0.29) is 17.0 Å². The molecule has 7 heteroatoms. The van der Waals surface area contributed by atoms with Gasteiger partial charge in [0.15, 0.2) is 0 Å². The van der Waals surface area contributed by atoms with Crippen molar-refractivity contribution in [2.45, 2.75) is 0 Å². The lowest BCUT2D eigenvalue weighted by Crippen LogP contribution is -2.10. The Bertz CT molecular complexity index is 663. The highest BCUT2D eigenvalue weighted by Crippen LogP contribution is 2.33. The van der Waals surface area contributed by atoms with Crippen LogP contribution in [0.1, 0.15) is 0 Å². The first-order valence-electron chi connectivity index (χ1n) is 5.58. The molecule has 0 unspecified atom stereocenters. The van der Waals surface area contributed by atoms with Gasteiger partial charge in [0.05, 0.1) is 12.0 Å². The second kappa shape index (κ2) is 5.60. The maximum atomic E-state index is 13.5. The molecular formula is C13H9BFNO4. The molecule has 0 saturated carbocycles. The zero-order valence-corrected chi connectivity index (χ0v) is 10.5. The van der Waals surface area contributed by atoms with Crippen LogP contribution in [0.4, 0.5) is 10.1 Å². The minimum Gasteiger partial charge on any atom is -0.497 e. The van der Waals surface area contributed by atoms with Crippen molar-refractivity contribution in [3.8, 4) is 17.2 Å². The lowest BCUT2D eigenvalue weighted by Gasteiger charge is -2.12. The molecule has 100 valence electrons. The van der Waals surface area contributed by atoms with Gasteiger partial charge >= 0.3 is 5.69 Å². The lowest BCUT2D eigenvalue weighted by atomic mass is 9.94. The van der Waals surface area contributed by atoms with Crippen molar-refractivity contribution in [3.05, 3.63) is 52.3 Å². The van der Waals surface area contributed by atoms with Crippen molar-refractivity contribution >= 4 is 19.0 Å². The van der Waals surface area contributed by atoms with E-state index in [9.17, 15) is 14.5 Å². The zero-order valence-electron chi connectivity index (χ0n) is 10.5. The summed E-state index contributed by atoms with van der Waals surface area (Å²) >= 11 is 0. The summed E-state index contributed by atoms with van der Waals surface area (Å²) in [5.41, 5.74) is -0.566. The number of methoxy groups -OCH3 is 1. The Balaban J connectivity index is 2.46. The molecule has 0 saturated heterocycles. The predicted octanol–water partition coefficient (Wildman–Crippen LogP) is 2.33. The predicted molar refractivity (Wildman–Crippen MR) is 71.5 cm³/mol. The molecule has 0 heterocycles. The van der Waals surface area contributed by atoms with E-state index in [1.807, 2.05) is 0 Å². The Morgan fingerprint density at radius 3 is 2.40 bits per heavy atom. The van der Waals surface area contributed by atoms with E-state index in [4.69, 9.17) is 17.3 Å². The van der Waals surface area contributed by atoms with Crippen LogP contribution in [0.2, 0.25) is 0 Å². The summed E-state index contributed by atoms with van der Waals surface area (Å²) in [6.07, 6.45) is 0. The van der Waals surface area contributed by atoms with Gasteiger partial charge in [0.2, 0.25) is 11.6 Å². The van der Waals surface area contributed by atoms with E-state index in [1.54, 1.807) is 12.1 Å². The van der Waals surface area contributed by atoms with E-state index in [0.29, 0.717) is 5.75 Å². The molecule has 0 aliphatic heterocycles. The van der Waals surface area contributed by atoms with E-state index >= 15 is 0 Å². The molecule has 0 aliphatic carbocycles. The normalized spacial score (nSPS) is 10.1. The molecule has 2 radical (unpaired) electrons. The van der Waals surface area contributed by atoms with Crippen molar-refractivity contribution < 1.29 is 18.8 Å². The topological polar surface area (TPSA) is 61.6 Å². The molecule has 2 aromatic rings. The molecular weight excluding hydrogens is 264 g/mol. The number of nitro groups is 1. The van der Waals surface area contributed by atoms with Gasteiger partial charge in [-0.1, -0.05) is 12.1 Å². The molecule has 0 atom stereocenters. The van der Waals surface area contributed by atoms with Gasteiger partial charge < -0.3 is 9.47 Å². The molecule has 0 N–H and O–H groups in total. The minimum absolute atomic E-state index is 0.151. The monoisotopic (exact) mass is 273 g/mol. The number of nitrogens with zero attached hydrogens (tertiary/aromatic N) is 1. The van der Waals surface area contributed by atoms with Gasteiger partial charge in [0, 0.05) is 0 Å². The molecule has 0 bridgehead atoms. The first-order valence-corrected chi connectivity index (χ1v) is 5.58. The summed E-state index contributed by atoms with van der Waals surface area (Å²) in [5.74, 6) is -0.691. The van der Waals surface area contributed by atoms with Gasteiger partial charge in [0.1, 0.15) is 19.3 Å². The van der Waals surface area contributed by atoms with Crippen LogP contribution in [-0.2, 0) is 0 Å². The van der Waals surface area contributed by atoms with Crippen molar-refractivity contribution in [1.29, 1.82) is 0 Å². The van der Waals surface area contributed by atoms with Crippen LogP contribution < -0.4 is 14.9 Å². The minimum atomic E-state index is -0.978. The Hall–Kier alpha value is -2.57. The maximum absolute atomic E-state index is 13.5.